The van der Waals surface area contributed by atoms with Gasteiger partial charge >= 0.3 is 0 Å². The molecule has 0 saturated heterocycles. The summed E-state index contributed by atoms with van der Waals surface area (Å²) < 4.78 is 27.2. The minimum absolute atomic E-state index is 0.190. The second-order valence-corrected chi connectivity index (χ2v) is 6.69. The summed E-state index contributed by atoms with van der Waals surface area (Å²) in [6, 6.07) is 7.93. The third-order valence-corrected chi connectivity index (χ3v) is 4.71. The van der Waals surface area contributed by atoms with Crippen molar-refractivity contribution in [3.8, 4) is 0 Å². The van der Waals surface area contributed by atoms with Crippen molar-refractivity contribution in [2.45, 2.75) is 19.4 Å². The van der Waals surface area contributed by atoms with Crippen molar-refractivity contribution in [2.75, 3.05) is 7.05 Å². The second-order valence-electron chi connectivity index (χ2n) is 6.28. The van der Waals surface area contributed by atoms with Crippen LogP contribution in [0.2, 0.25) is 5.02 Å². The molecule has 0 aliphatic rings. The van der Waals surface area contributed by atoms with Crippen LogP contribution in [-0.2, 0) is 6.42 Å². The van der Waals surface area contributed by atoms with Gasteiger partial charge in [-0.15, -0.1) is 0 Å². The lowest BCUT2D eigenvalue weighted by molar-refractivity contribution is 0.100. The number of benzene rings is 2. The molecule has 0 spiro atoms. The summed E-state index contributed by atoms with van der Waals surface area (Å²) in [5.41, 5.74) is 8.04. The van der Waals surface area contributed by atoms with Gasteiger partial charge in [0.2, 0.25) is 5.91 Å². The van der Waals surface area contributed by atoms with E-state index < -0.39 is 17.5 Å². The summed E-state index contributed by atoms with van der Waals surface area (Å²) in [6.45, 7) is 5.49. The molecule has 4 nitrogen and oxygen atoms in total. The van der Waals surface area contributed by atoms with Gasteiger partial charge in [0.05, 0.1) is 22.3 Å². The van der Waals surface area contributed by atoms with Gasteiger partial charge in [-0.2, -0.15) is 0 Å². The lowest BCUT2D eigenvalue weighted by Crippen LogP contribution is -2.37. The van der Waals surface area contributed by atoms with E-state index in [9.17, 15) is 13.6 Å². The predicted octanol–water partition coefficient (Wildman–Crippen LogP) is 4.54. The zero-order chi connectivity index (χ0) is 21.6. The lowest BCUT2D eigenvalue weighted by atomic mass is 9.91. The molecule has 2 aromatic carbocycles. The van der Waals surface area contributed by atoms with Crippen LogP contribution >= 0.6 is 11.6 Å². The molecule has 0 bridgehead atoms. The molecular weight excluding hydrogens is 396 g/mol. The number of primary amides is 1. The molecule has 1 amide bonds. The van der Waals surface area contributed by atoms with E-state index >= 15 is 0 Å². The van der Waals surface area contributed by atoms with Gasteiger partial charge in [-0.1, -0.05) is 30.3 Å². The van der Waals surface area contributed by atoms with E-state index in [0.717, 1.165) is 6.07 Å². The maximum atomic E-state index is 13.6. The van der Waals surface area contributed by atoms with Gasteiger partial charge in [0.15, 0.2) is 0 Å². The quantitative estimate of drug-likeness (QED) is 0.619. The molecule has 29 heavy (non-hydrogen) atoms. The monoisotopic (exact) mass is 417 g/mol. The number of aliphatic imine (C=N–C) groups is 1. The normalized spacial score (nSPS) is 13.3. The number of halogens is 3. The van der Waals surface area contributed by atoms with Crippen molar-refractivity contribution in [2.24, 2.45) is 10.7 Å². The average Bonchev–Trinajstić information content (AvgIpc) is 2.66. The van der Waals surface area contributed by atoms with Crippen molar-refractivity contribution in [1.82, 2.24) is 5.32 Å². The zero-order valence-corrected chi connectivity index (χ0v) is 16.9. The van der Waals surface area contributed by atoms with Crippen molar-refractivity contribution in [3.05, 3.63) is 88.6 Å². The highest BCUT2D eigenvalue weighted by atomic mass is 35.5. The number of allylic oxidation sites excluding steroid dienone is 1. The summed E-state index contributed by atoms with van der Waals surface area (Å²) in [4.78, 5) is 16.1. The van der Waals surface area contributed by atoms with Crippen molar-refractivity contribution in [3.63, 3.8) is 0 Å². The van der Waals surface area contributed by atoms with Crippen LogP contribution in [-0.4, -0.2) is 24.7 Å². The number of nitrogens with zero attached hydrogens (tertiary/aromatic N) is 1. The maximum absolute atomic E-state index is 13.6. The Labute approximate surface area is 173 Å². The van der Waals surface area contributed by atoms with Gasteiger partial charge in [0, 0.05) is 17.8 Å². The molecule has 152 valence electrons. The van der Waals surface area contributed by atoms with E-state index in [4.69, 9.17) is 17.3 Å². The molecule has 0 aliphatic carbocycles. The van der Waals surface area contributed by atoms with E-state index in [-0.39, 0.29) is 23.0 Å². The van der Waals surface area contributed by atoms with Crippen molar-refractivity contribution < 1.29 is 13.6 Å². The number of carbonyl (C=O) groups excluding carboxylic acids is 1. The highest BCUT2D eigenvalue weighted by Crippen LogP contribution is 2.25. The fourth-order valence-electron chi connectivity index (χ4n) is 3.09. The summed E-state index contributed by atoms with van der Waals surface area (Å²) in [5.74, 6) is -1.94. The Balaban J connectivity index is 2.49. The molecule has 2 rings (SSSR count). The fourth-order valence-corrected chi connectivity index (χ4v) is 3.30. The number of hydrogen-bond donors (Lipinski definition) is 2. The van der Waals surface area contributed by atoms with Crippen molar-refractivity contribution >= 4 is 28.8 Å². The zero-order valence-electron chi connectivity index (χ0n) is 16.2. The molecule has 0 aromatic heterocycles. The molecule has 0 aliphatic heterocycles. The third-order valence-electron chi connectivity index (χ3n) is 4.38. The number of carbonyl (C=O) groups is 1. The Morgan fingerprint density at radius 1 is 1.28 bits per heavy atom. The smallest absolute Gasteiger partial charge is 0.250 e. The summed E-state index contributed by atoms with van der Waals surface area (Å²) >= 11 is 6.06. The Kier molecular flexibility index (Phi) is 7.82. The van der Waals surface area contributed by atoms with Gasteiger partial charge in [-0.25, -0.2) is 8.78 Å². The van der Waals surface area contributed by atoms with E-state index in [0.29, 0.717) is 22.4 Å². The first-order valence-corrected chi connectivity index (χ1v) is 9.25. The number of likely N-dealkylation sites (N-methyl/N-ethyl adjacent to an activating group) is 1. The third kappa shape index (κ3) is 5.59. The van der Waals surface area contributed by atoms with E-state index in [1.54, 1.807) is 25.2 Å². The molecule has 0 saturated carbocycles. The first kappa shape index (κ1) is 22.5. The van der Waals surface area contributed by atoms with Gasteiger partial charge in [0.1, 0.15) is 11.6 Å². The first-order chi connectivity index (χ1) is 13.8. The molecule has 3 N–H and O–H groups in total. The molecule has 7 heteroatoms. The van der Waals surface area contributed by atoms with Crippen LogP contribution in [0.25, 0.3) is 5.57 Å². The Bertz CT molecular complexity index is 966. The molecule has 0 heterocycles. The van der Waals surface area contributed by atoms with E-state index in [1.807, 2.05) is 13.0 Å². The maximum Gasteiger partial charge on any atom is 0.250 e. The highest BCUT2D eigenvalue weighted by molar-refractivity contribution is 6.34. The van der Waals surface area contributed by atoms with Crippen LogP contribution in [0.15, 0.2) is 60.2 Å². The van der Waals surface area contributed by atoms with Crippen LogP contribution in [0.1, 0.15) is 28.4 Å². The predicted molar refractivity (Wildman–Crippen MR) is 114 cm³/mol. The van der Waals surface area contributed by atoms with Crippen LogP contribution < -0.4 is 11.1 Å². The van der Waals surface area contributed by atoms with Gasteiger partial charge in [-0.05, 0) is 55.8 Å². The van der Waals surface area contributed by atoms with Gasteiger partial charge in [-0.3, -0.25) is 9.79 Å². The average molecular weight is 418 g/mol. The second kappa shape index (κ2) is 10.1. The Morgan fingerprint density at radius 3 is 2.45 bits per heavy atom. The number of amides is 1. The number of hydrogen-bond acceptors (Lipinski definition) is 3. The molecular formula is C22H22ClF2N3O. The highest BCUT2D eigenvalue weighted by Gasteiger charge is 2.21. The van der Waals surface area contributed by atoms with Gasteiger partial charge in [0.25, 0.3) is 0 Å². The molecule has 1 unspecified atom stereocenters. The number of nitrogens with one attached hydrogen (secondary N) is 1. The van der Waals surface area contributed by atoms with E-state index in [1.165, 1.54) is 18.3 Å². The molecule has 2 aromatic rings. The summed E-state index contributed by atoms with van der Waals surface area (Å²) in [6.07, 6.45) is 3.50. The fraction of sp³-hybridized carbons (Fsp3) is 0.182. The largest absolute Gasteiger partial charge is 0.366 e. The molecule has 0 fully saturated rings. The molecule has 0 radical (unpaired) electrons. The van der Waals surface area contributed by atoms with Crippen molar-refractivity contribution in [1.29, 1.82) is 0 Å². The Hall–Kier alpha value is -2.83. The van der Waals surface area contributed by atoms with Crippen LogP contribution in [0, 0.1) is 11.6 Å². The number of nitrogens with two attached hydrogens (primary N) is 1. The summed E-state index contributed by atoms with van der Waals surface area (Å²) in [5, 5.41) is 3.38. The first-order valence-electron chi connectivity index (χ1n) is 8.88. The SMILES string of the molecule is C=CN=C(/C(=C\C)c1ccc(Cl)c(C(N)=O)c1)C(Cc1cc(F)cc(F)c1)NC. The van der Waals surface area contributed by atoms with Crippen LogP contribution in [0.4, 0.5) is 8.78 Å². The number of rotatable bonds is 8. The Morgan fingerprint density at radius 2 is 1.93 bits per heavy atom. The minimum atomic E-state index is -0.646. The van der Waals surface area contributed by atoms with Crippen LogP contribution in [0.3, 0.4) is 0 Å². The molecule has 1 atom stereocenters. The summed E-state index contributed by atoms with van der Waals surface area (Å²) in [7, 11) is 1.73. The topological polar surface area (TPSA) is 67.5 Å². The van der Waals surface area contributed by atoms with Gasteiger partial charge < -0.3 is 11.1 Å². The van der Waals surface area contributed by atoms with Crippen LogP contribution in [0.5, 0.6) is 0 Å². The van der Waals surface area contributed by atoms with E-state index in [2.05, 4.69) is 16.9 Å². The standard InChI is InChI=1S/C22H22ClF2N3O/c1-4-17(14-6-7-19(23)18(11-14)22(26)29)21(28-5-2)20(27-3)10-13-8-15(24)12-16(25)9-13/h4-9,11-12,20,27H,2,10H2,1,3H3,(H2,26,29)/b17-4-,28-21?. The lowest BCUT2D eigenvalue weighted by Gasteiger charge is -2.22. The minimum Gasteiger partial charge on any atom is -0.366 e.